The fourth-order valence-corrected chi connectivity index (χ4v) is 3.40. The van der Waals surface area contributed by atoms with Crippen LogP contribution in [0.1, 0.15) is 19.2 Å². The van der Waals surface area contributed by atoms with Crippen LogP contribution in [0.25, 0.3) is 22.5 Å². The minimum atomic E-state index is -3.34. The van der Waals surface area contributed by atoms with Crippen LogP contribution in [0.4, 0.5) is 13.2 Å². The highest BCUT2D eigenvalue weighted by molar-refractivity contribution is 7.90. The molecule has 3 aromatic rings. The third-order valence-corrected chi connectivity index (χ3v) is 5.37. The zero-order valence-electron chi connectivity index (χ0n) is 15.3. The number of imidazole rings is 1. The van der Waals surface area contributed by atoms with E-state index >= 15 is 0 Å². The molecule has 1 N–H and O–H groups in total. The molecule has 1 aromatic heterocycles. The minimum absolute atomic E-state index is 0.0408. The Morgan fingerprint density at radius 1 is 1.00 bits per heavy atom. The third kappa shape index (κ3) is 4.81. The number of aromatic amines is 1. The van der Waals surface area contributed by atoms with E-state index in [9.17, 15) is 21.6 Å². The molecule has 8 heteroatoms. The quantitative estimate of drug-likeness (QED) is 0.633. The first-order valence-electron chi connectivity index (χ1n) is 8.56. The van der Waals surface area contributed by atoms with Crippen LogP contribution in [-0.2, 0) is 16.3 Å². The van der Waals surface area contributed by atoms with Crippen LogP contribution < -0.4 is 0 Å². The summed E-state index contributed by atoms with van der Waals surface area (Å²) in [6, 6.07) is 11.9. The van der Waals surface area contributed by atoms with E-state index in [-0.39, 0.29) is 17.7 Å². The van der Waals surface area contributed by atoms with Crippen molar-refractivity contribution in [2.24, 2.45) is 0 Å². The van der Waals surface area contributed by atoms with Crippen LogP contribution in [0.5, 0.6) is 0 Å². The van der Waals surface area contributed by atoms with E-state index in [1.165, 1.54) is 24.3 Å². The largest absolute Gasteiger partial charge is 0.341 e. The molecule has 0 amide bonds. The Balaban J connectivity index is 2.04. The van der Waals surface area contributed by atoms with E-state index in [0.717, 1.165) is 13.2 Å². The van der Waals surface area contributed by atoms with E-state index in [1.807, 2.05) is 0 Å². The first-order chi connectivity index (χ1) is 13.0. The molecule has 28 heavy (non-hydrogen) atoms. The number of nitrogens with zero attached hydrogens (tertiary/aromatic N) is 1. The molecule has 0 unspecified atom stereocenters. The van der Waals surface area contributed by atoms with Crippen LogP contribution in [0.15, 0.2) is 53.4 Å². The predicted molar refractivity (Wildman–Crippen MR) is 101 cm³/mol. The predicted octanol–water partition coefficient (Wildman–Crippen LogP) is 4.87. The summed E-state index contributed by atoms with van der Waals surface area (Å²) in [5.74, 6) is -2.84. The second kappa shape index (κ2) is 7.43. The number of hydrogen-bond donors (Lipinski definition) is 1. The molecule has 0 aliphatic carbocycles. The van der Waals surface area contributed by atoms with Gasteiger partial charge in [0.05, 0.1) is 16.3 Å². The van der Waals surface area contributed by atoms with Crippen molar-refractivity contribution in [2.75, 3.05) is 6.26 Å². The Hall–Kier alpha value is -2.61. The molecule has 0 atom stereocenters. The molecule has 0 spiro atoms. The monoisotopic (exact) mass is 408 g/mol. The summed E-state index contributed by atoms with van der Waals surface area (Å²) in [6.07, 6.45) is 0.790. The lowest BCUT2D eigenvalue weighted by Gasteiger charge is -2.07. The number of sulfone groups is 1. The van der Waals surface area contributed by atoms with Gasteiger partial charge >= 0.3 is 0 Å². The van der Waals surface area contributed by atoms with Crippen molar-refractivity contribution in [2.45, 2.75) is 30.6 Å². The number of rotatable bonds is 6. The van der Waals surface area contributed by atoms with Gasteiger partial charge in [0, 0.05) is 30.2 Å². The topological polar surface area (TPSA) is 62.8 Å². The summed E-state index contributed by atoms with van der Waals surface area (Å²) in [5, 5.41) is 0. The van der Waals surface area contributed by atoms with Crippen molar-refractivity contribution in [3.05, 3.63) is 60.2 Å². The summed E-state index contributed by atoms with van der Waals surface area (Å²) in [6.45, 7) is 0.849. The molecule has 0 saturated carbocycles. The average molecular weight is 408 g/mol. The lowest BCUT2D eigenvalue weighted by atomic mass is 10.1. The standard InChI is InChI=1S/C20H19F3N2O2S/c1-20(22,23)12-11-17-24-18(13-3-7-15(21)8-4-13)19(25-17)14-5-9-16(10-6-14)28(2,26)27/h3-10H,11-12H2,1-2H3,(H,24,25). The highest BCUT2D eigenvalue weighted by atomic mass is 32.2. The summed E-state index contributed by atoms with van der Waals surface area (Å²) in [7, 11) is -3.34. The molecule has 0 aliphatic heterocycles. The van der Waals surface area contributed by atoms with Crippen molar-refractivity contribution in [1.82, 2.24) is 9.97 Å². The second-order valence-corrected chi connectivity index (χ2v) is 8.80. The average Bonchev–Trinajstić information content (AvgIpc) is 3.04. The van der Waals surface area contributed by atoms with Crippen LogP contribution in [0.2, 0.25) is 0 Å². The Morgan fingerprint density at radius 3 is 2.11 bits per heavy atom. The molecular weight excluding hydrogens is 389 g/mol. The maximum atomic E-state index is 13.3. The molecule has 1 heterocycles. The summed E-state index contributed by atoms with van der Waals surface area (Å²) in [4.78, 5) is 7.66. The Morgan fingerprint density at radius 2 is 1.57 bits per heavy atom. The van der Waals surface area contributed by atoms with Crippen LogP contribution >= 0.6 is 0 Å². The second-order valence-electron chi connectivity index (χ2n) is 6.78. The van der Waals surface area contributed by atoms with E-state index in [4.69, 9.17) is 0 Å². The molecule has 0 aliphatic rings. The number of benzene rings is 2. The minimum Gasteiger partial charge on any atom is -0.341 e. The first-order valence-corrected chi connectivity index (χ1v) is 10.5. The number of hydrogen-bond acceptors (Lipinski definition) is 3. The van der Waals surface area contributed by atoms with E-state index in [0.29, 0.717) is 28.3 Å². The van der Waals surface area contributed by atoms with E-state index < -0.39 is 21.6 Å². The first kappa shape index (κ1) is 20.1. The van der Waals surface area contributed by atoms with Crippen molar-refractivity contribution < 1.29 is 21.6 Å². The molecule has 0 saturated heterocycles. The van der Waals surface area contributed by atoms with Gasteiger partial charge in [0.15, 0.2) is 9.84 Å². The van der Waals surface area contributed by atoms with E-state index in [2.05, 4.69) is 9.97 Å². The lowest BCUT2D eigenvalue weighted by Crippen LogP contribution is -2.11. The van der Waals surface area contributed by atoms with Gasteiger partial charge in [-0.2, -0.15) is 0 Å². The number of H-pyrrole nitrogens is 1. The maximum absolute atomic E-state index is 13.3. The number of halogens is 3. The zero-order valence-corrected chi connectivity index (χ0v) is 16.2. The van der Waals surface area contributed by atoms with Crippen molar-refractivity contribution in [3.63, 3.8) is 0 Å². The Labute approximate surface area is 161 Å². The summed E-state index contributed by atoms with van der Waals surface area (Å²) in [5.41, 5.74) is 2.31. The van der Waals surface area contributed by atoms with Gasteiger partial charge in [-0.3, -0.25) is 0 Å². The smallest absolute Gasteiger partial charge is 0.245 e. The zero-order chi connectivity index (χ0) is 20.5. The lowest BCUT2D eigenvalue weighted by molar-refractivity contribution is 0.0128. The van der Waals surface area contributed by atoms with Crippen LogP contribution in [-0.4, -0.2) is 30.6 Å². The maximum Gasteiger partial charge on any atom is 0.245 e. The molecule has 0 bridgehead atoms. The van der Waals surface area contributed by atoms with Gasteiger partial charge in [0.25, 0.3) is 0 Å². The van der Waals surface area contributed by atoms with Crippen LogP contribution in [0, 0.1) is 5.82 Å². The SMILES string of the molecule is CC(F)(F)CCc1nc(-c2ccc(S(C)(=O)=O)cc2)c(-c2ccc(F)cc2)[nH]1. The fourth-order valence-electron chi connectivity index (χ4n) is 2.77. The molecule has 0 radical (unpaired) electrons. The summed E-state index contributed by atoms with van der Waals surface area (Å²) < 4.78 is 63.0. The fraction of sp³-hybridized carbons (Fsp3) is 0.250. The van der Waals surface area contributed by atoms with Gasteiger partial charge in [-0.05, 0) is 43.3 Å². The van der Waals surface area contributed by atoms with Crippen molar-refractivity contribution >= 4 is 9.84 Å². The Kier molecular flexibility index (Phi) is 5.34. The van der Waals surface area contributed by atoms with Crippen LogP contribution in [0.3, 0.4) is 0 Å². The van der Waals surface area contributed by atoms with Crippen molar-refractivity contribution in [3.8, 4) is 22.5 Å². The molecule has 4 nitrogen and oxygen atoms in total. The normalized spacial score (nSPS) is 12.3. The molecule has 2 aromatic carbocycles. The van der Waals surface area contributed by atoms with Gasteiger partial charge in [-0.1, -0.05) is 12.1 Å². The van der Waals surface area contributed by atoms with Gasteiger partial charge in [0.1, 0.15) is 11.6 Å². The molecule has 0 fully saturated rings. The third-order valence-electron chi connectivity index (χ3n) is 4.24. The van der Waals surface area contributed by atoms with Crippen molar-refractivity contribution in [1.29, 1.82) is 0 Å². The highest BCUT2D eigenvalue weighted by Crippen LogP contribution is 2.32. The number of alkyl halides is 2. The Bertz CT molecular complexity index is 1070. The summed E-state index contributed by atoms with van der Waals surface area (Å²) >= 11 is 0. The molecule has 3 rings (SSSR count). The highest BCUT2D eigenvalue weighted by Gasteiger charge is 2.22. The van der Waals surface area contributed by atoms with Gasteiger partial charge in [-0.25, -0.2) is 26.6 Å². The molecular formula is C20H19F3N2O2S. The molecule has 148 valence electrons. The number of aromatic nitrogens is 2. The number of aryl methyl sites for hydroxylation is 1. The number of nitrogens with one attached hydrogen (secondary N) is 1. The van der Waals surface area contributed by atoms with E-state index in [1.54, 1.807) is 24.3 Å². The van der Waals surface area contributed by atoms with Gasteiger partial charge < -0.3 is 4.98 Å². The van der Waals surface area contributed by atoms with Gasteiger partial charge in [0.2, 0.25) is 5.92 Å². The van der Waals surface area contributed by atoms with Gasteiger partial charge in [-0.15, -0.1) is 0 Å².